The van der Waals surface area contributed by atoms with E-state index in [2.05, 4.69) is 27.5 Å². The second-order valence-corrected chi connectivity index (χ2v) is 10.2. The number of fused-ring (bicyclic) bond motifs is 1. The summed E-state index contributed by atoms with van der Waals surface area (Å²) < 4.78 is 14.3. The van der Waals surface area contributed by atoms with Gasteiger partial charge >= 0.3 is 6.03 Å². The van der Waals surface area contributed by atoms with Gasteiger partial charge in [0.25, 0.3) is 0 Å². The molecule has 0 saturated carbocycles. The summed E-state index contributed by atoms with van der Waals surface area (Å²) in [6.45, 7) is 5.51. The Bertz CT molecular complexity index is 1630. The molecule has 1 aliphatic heterocycles. The summed E-state index contributed by atoms with van der Waals surface area (Å²) in [6, 6.07) is 16.8. The predicted octanol–water partition coefficient (Wildman–Crippen LogP) is 7.45. The van der Waals surface area contributed by atoms with Gasteiger partial charge in [-0.05, 0) is 42.7 Å². The van der Waals surface area contributed by atoms with Crippen LogP contribution >= 0.6 is 23.2 Å². The molecule has 1 atom stereocenters. The number of aromatic nitrogens is 2. The second kappa shape index (κ2) is 11.5. The molecule has 1 aliphatic rings. The number of amides is 2. The fraction of sp³-hybridized carbons (Fsp3) is 0.133. The van der Waals surface area contributed by atoms with E-state index in [1.807, 2.05) is 42.5 Å². The summed E-state index contributed by atoms with van der Waals surface area (Å²) in [7, 11) is 0. The van der Waals surface area contributed by atoms with Gasteiger partial charge in [-0.3, -0.25) is 0 Å². The largest absolute Gasteiger partial charge is 0.507 e. The monoisotopic (exact) mass is 577 g/mol. The number of aliphatic hydroxyl groups excluding tert-OH is 1. The zero-order valence-electron chi connectivity index (χ0n) is 21.5. The lowest BCUT2D eigenvalue weighted by Gasteiger charge is -2.18. The molecule has 1 aromatic heterocycles. The van der Waals surface area contributed by atoms with Gasteiger partial charge < -0.3 is 26.0 Å². The Hall–Kier alpha value is -4.27. The Balaban J connectivity index is 1.40. The fourth-order valence-electron chi connectivity index (χ4n) is 4.51. The van der Waals surface area contributed by atoms with E-state index >= 15 is 0 Å². The topological polar surface area (TPSA) is 102 Å². The van der Waals surface area contributed by atoms with Crippen molar-refractivity contribution < 1.29 is 14.3 Å². The van der Waals surface area contributed by atoms with E-state index in [1.165, 1.54) is 12.1 Å². The molecule has 0 fully saturated rings. The van der Waals surface area contributed by atoms with Crippen molar-refractivity contribution in [1.82, 2.24) is 20.6 Å². The zero-order chi connectivity index (χ0) is 28.4. The number of anilines is 1. The number of hydrogen-bond donors (Lipinski definition) is 5. The van der Waals surface area contributed by atoms with Crippen LogP contribution in [0.25, 0.3) is 17.0 Å². The Morgan fingerprint density at radius 3 is 2.70 bits per heavy atom. The Morgan fingerprint density at radius 2 is 1.93 bits per heavy atom. The van der Waals surface area contributed by atoms with Crippen LogP contribution in [0.5, 0.6) is 0 Å². The molecule has 0 spiro atoms. The maximum Gasteiger partial charge on any atom is 0.315 e. The highest BCUT2D eigenvalue weighted by molar-refractivity contribution is 6.32. The minimum Gasteiger partial charge on any atom is -0.507 e. The first-order chi connectivity index (χ1) is 19.2. The summed E-state index contributed by atoms with van der Waals surface area (Å²) in [5, 5.41) is 19.7. The summed E-state index contributed by atoms with van der Waals surface area (Å²) in [6.07, 6.45) is 1.95. The third-order valence-electron chi connectivity index (χ3n) is 6.58. The highest BCUT2D eigenvalue weighted by Gasteiger charge is 2.23. The molecule has 7 nitrogen and oxygen atoms in total. The smallest absolute Gasteiger partial charge is 0.315 e. The van der Waals surface area contributed by atoms with Crippen LogP contribution < -0.4 is 16.0 Å². The van der Waals surface area contributed by atoms with E-state index in [9.17, 15) is 14.3 Å². The number of carbonyl (C=O) groups excluding carboxylic acids is 1. The number of nitrogens with one attached hydrogen (secondary N) is 4. The number of nitrogens with zero attached hydrogens (tertiary/aromatic N) is 1. The molecule has 4 aromatic rings. The molecular weight excluding hydrogens is 552 g/mol. The van der Waals surface area contributed by atoms with Crippen molar-refractivity contribution in [2.45, 2.75) is 25.9 Å². The van der Waals surface area contributed by atoms with E-state index in [-0.39, 0.29) is 28.0 Å². The summed E-state index contributed by atoms with van der Waals surface area (Å²) >= 11 is 12.8. The lowest BCUT2D eigenvalue weighted by Crippen LogP contribution is -2.39. The molecule has 0 aliphatic carbocycles. The lowest BCUT2D eigenvalue weighted by molar-refractivity contribution is 0.236. The zero-order valence-corrected chi connectivity index (χ0v) is 23.0. The van der Waals surface area contributed by atoms with Crippen molar-refractivity contribution in [3.63, 3.8) is 0 Å². The van der Waals surface area contributed by atoms with Crippen molar-refractivity contribution >= 4 is 40.7 Å². The number of urea groups is 1. The third kappa shape index (κ3) is 5.83. The number of aromatic amines is 1. The van der Waals surface area contributed by atoms with Crippen molar-refractivity contribution in [2.24, 2.45) is 0 Å². The van der Waals surface area contributed by atoms with Crippen LogP contribution in [0.1, 0.15) is 34.1 Å². The molecule has 5 rings (SSSR count). The second-order valence-electron chi connectivity index (χ2n) is 9.45. The molecule has 5 N–H and O–H groups in total. The van der Waals surface area contributed by atoms with Gasteiger partial charge in [-0.2, -0.15) is 0 Å². The molecule has 0 radical (unpaired) electrons. The number of H-pyrrole nitrogens is 1. The number of halogens is 3. The van der Waals surface area contributed by atoms with E-state index in [1.54, 1.807) is 19.1 Å². The molecule has 204 valence electrons. The minimum atomic E-state index is -0.595. The number of benzene rings is 3. The number of allylic oxidation sites excluding steroid dienone is 1. The summed E-state index contributed by atoms with van der Waals surface area (Å²) in [4.78, 5) is 20.8. The van der Waals surface area contributed by atoms with Crippen molar-refractivity contribution in [1.29, 1.82) is 0 Å². The third-order valence-corrected chi connectivity index (χ3v) is 7.38. The summed E-state index contributed by atoms with van der Waals surface area (Å²) in [5.74, 6) is 0.0188. The van der Waals surface area contributed by atoms with Crippen LogP contribution in [0.4, 0.5) is 14.9 Å². The molecule has 40 heavy (non-hydrogen) atoms. The number of carbonyl (C=O) groups is 1. The van der Waals surface area contributed by atoms with Gasteiger partial charge in [0.1, 0.15) is 28.2 Å². The van der Waals surface area contributed by atoms with Gasteiger partial charge in [0, 0.05) is 40.7 Å². The maximum absolute atomic E-state index is 14.3. The van der Waals surface area contributed by atoms with Gasteiger partial charge in [0.15, 0.2) is 0 Å². The van der Waals surface area contributed by atoms with Crippen molar-refractivity contribution in [2.75, 3.05) is 5.32 Å². The van der Waals surface area contributed by atoms with Crippen LogP contribution in [0.3, 0.4) is 0 Å². The lowest BCUT2D eigenvalue weighted by atomic mass is 10.0. The standard InChI is InChI=1S/C30H26Cl2FN5O2/c1-16-8-10-22(33)21(26(16)31)15-34-30(40)36-24(13-18-6-4-3-5-7-18)29-37-27(28(32)38-29)19-9-11-23-20(14-19)25(39)12-17(2)35-23/h3-12,14,24,35,39H,2,13,15H2,1H3,(H,37,38)(H2,34,36,40)/t24-/m0/s1. The van der Waals surface area contributed by atoms with Gasteiger partial charge in [-0.1, -0.05) is 72.2 Å². The Kier molecular flexibility index (Phi) is 7.82. The SMILES string of the molecule is C=C1C=C(O)c2cc(-c3nc([C@H](Cc4ccccc4)NC(=O)NCc4c(F)ccc(C)c4Cl)[nH]c3Cl)ccc2N1. The molecular formula is C30H26Cl2FN5O2. The van der Waals surface area contributed by atoms with Crippen LogP contribution in [-0.2, 0) is 13.0 Å². The number of aryl methyl sites for hydroxylation is 1. The van der Waals surface area contributed by atoms with Crippen LogP contribution in [0.15, 0.2) is 79.0 Å². The van der Waals surface area contributed by atoms with E-state index in [0.717, 1.165) is 5.56 Å². The molecule has 0 bridgehead atoms. The quantitative estimate of drug-likeness (QED) is 0.157. The number of hydrogen-bond acceptors (Lipinski definition) is 4. The average Bonchev–Trinajstić information content (AvgIpc) is 3.32. The molecule has 2 amide bonds. The first-order valence-corrected chi connectivity index (χ1v) is 13.2. The van der Waals surface area contributed by atoms with Gasteiger partial charge in [0.05, 0.1) is 11.1 Å². The highest BCUT2D eigenvalue weighted by Crippen LogP contribution is 2.35. The first-order valence-electron chi connectivity index (χ1n) is 12.5. The van der Waals surface area contributed by atoms with Gasteiger partial charge in [0.2, 0.25) is 0 Å². The average molecular weight is 578 g/mol. The Labute approximate surface area is 240 Å². The maximum atomic E-state index is 14.3. The fourth-order valence-corrected chi connectivity index (χ4v) is 4.98. The van der Waals surface area contributed by atoms with Crippen molar-refractivity contribution in [3.8, 4) is 11.3 Å². The van der Waals surface area contributed by atoms with Crippen LogP contribution in [-0.4, -0.2) is 21.1 Å². The number of aliphatic hydroxyl groups is 1. The Morgan fingerprint density at radius 1 is 1.15 bits per heavy atom. The molecule has 0 unspecified atom stereocenters. The van der Waals surface area contributed by atoms with E-state index in [0.29, 0.717) is 46.0 Å². The highest BCUT2D eigenvalue weighted by atomic mass is 35.5. The minimum absolute atomic E-state index is 0.0814. The molecule has 3 aromatic carbocycles. The first kappa shape index (κ1) is 27.3. The van der Waals surface area contributed by atoms with Crippen LogP contribution in [0.2, 0.25) is 10.2 Å². The number of rotatable bonds is 7. The predicted molar refractivity (Wildman–Crippen MR) is 157 cm³/mol. The van der Waals surface area contributed by atoms with E-state index < -0.39 is 17.9 Å². The molecule has 10 heteroatoms. The van der Waals surface area contributed by atoms with Crippen molar-refractivity contribution in [3.05, 3.63) is 123 Å². The van der Waals surface area contributed by atoms with Gasteiger partial charge in [-0.15, -0.1) is 0 Å². The summed E-state index contributed by atoms with van der Waals surface area (Å²) in [5.41, 5.74) is 4.91. The van der Waals surface area contributed by atoms with Gasteiger partial charge in [-0.25, -0.2) is 14.2 Å². The van der Waals surface area contributed by atoms with E-state index in [4.69, 9.17) is 28.2 Å². The molecule has 0 saturated heterocycles. The molecule has 2 heterocycles. The number of imidazole rings is 1. The normalized spacial score (nSPS) is 13.2. The van der Waals surface area contributed by atoms with Crippen LogP contribution in [0, 0.1) is 12.7 Å².